The normalized spacial score (nSPS) is 38.7. The summed E-state index contributed by atoms with van der Waals surface area (Å²) < 4.78 is 0. The largest absolute Gasteiger partial charge is 0.507 e. The molecule has 5 atom stereocenters. The first-order chi connectivity index (χ1) is 11.0. The number of aryl methyl sites for hydroxylation is 1. The molecule has 3 aliphatic carbocycles. The van der Waals surface area contributed by atoms with Crippen molar-refractivity contribution >= 4 is 11.8 Å². The third-order valence-electron chi connectivity index (χ3n) is 7.05. The molecule has 1 aromatic carbocycles. The van der Waals surface area contributed by atoms with E-state index in [1.807, 2.05) is 6.07 Å². The lowest BCUT2D eigenvalue weighted by Gasteiger charge is -2.50. The number of hydrogen-bond acceptors (Lipinski definition) is 3. The summed E-state index contributed by atoms with van der Waals surface area (Å²) in [6.45, 7) is 4.47. The van der Waals surface area contributed by atoms with E-state index in [0.29, 0.717) is 17.6 Å². The molecule has 2 saturated carbocycles. The fourth-order valence-electron chi connectivity index (χ4n) is 5.83. The SMILES string of the molecule is CCSc1cc2c(cc1O)CC[C@@H]1[C@@H]2CC[C@]2(C)[C@@H]1CC[C@@H]2O. The van der Waals surface area contributed by atoms with Gasteiger partial charge in [-0.1, -0.05) is 13.8 Å². The Morgan fingerprint density at radius 1 is 1.22 bits per heavy atom. The molecule has 3 heteroatoms. The third kappa shape index (κ3) is 2.34. The summed E-state index contributed by atoms with van der Waals surface area (Å²) >= 11 is 1.74. The number of hydrogen-bond donors (Lipinski definition) is 2. The fourth-order valence-corrected chi connectivity index (χ4v) is 6.56. The second kappa shape index (κ2) is 5.70. The first-order valence-corrected chi connectivity index (χ1v) is 10.2. The highest BCUT2D eigenvalue weighted by Crippen LogP contribution is 2.61. The standard InChI is InChI=1S/C20H28O2S/c1-3-23-18-11-15-12(10-17(18)21)4-5-14-13(15)8-9-20(2)16(14)6-7-19(20)22/h10-11,13-14,16,19,21-22H,3-9H2,1-2H3/t13-,14+,16+,19-,20+/m0/s1. The van der Waals surface area contributed by atoms with Gasteiger partial charge in [0.05, 0.1) is 6.10 Å². The van der Waals surface area contributed by atoms with Crippen LogP contribution >= 0.6 is 11.8 Å². The van der Waals surface area contributed by atoms with Crippen molar-refractivity contribution in [2.24, 2.45) is 17.3 Å². The van der Waals surface area contributed by atoms with E-state index in [4.69, 9.17) is 0 Å². The molecule has 2 fully saturated rings. The lowest BCUT2D eigenvalue weighted by atomic mass is 9.55. The van der Waals surface area contributed by atoms with E-state index < -0.39 is 0 Å². The van der Waals surface area contributed by atoms with E-state index in [0.717, 1.165) is 35.8 Å². The first kappa shape index (κ1) is 15.8. The van der Waals surface area contributed by atoms with Crippen molar-refractivity contribution in [3.63, 3.8) is 0 Å². The van der Waals surface area contributed by atoms with Crippen molar-refractivity contribution in [2.75, 3.05) is 5.75 Å². The Bertz CT molecular complexity index is 614. The number of aliphatic hydroxyl groups excluding tert-OH is 1. The van der Waals surface area contributed by atoms with Crippen LogP contribution in [0.15, 0.2) is 17.0 Å². The number of benzene rings is 1. The van der Waals surface area contributed by atoms with Gasteiger partial charge < -0.3 is 10.2 Å². The predicted molar refractivity (Wildman–Crippen MR) is 95.1 cm³/mol. The van der Waals surface area contributed by atoms with Gasteiger partial charge in [-0.25, -0.2) is 0 Å². The summed E-state index contributed by atoms with van der Waals surface area (Å²) in [5.41, 5.74) is 3.01. The first-order valence-electron chi connectivity index (χ1n) is 9.21. The molecule has 23 heavy (non-hydrogen) atoms. The van der Waals surface area contributed by atoms with Gasteiger partial charge in [-0.3, -0.25) is 0 Å². The molecular weight excluding hydrogens is 304 g/mol. The lowest BCUT2D eigenvalue weighted by Crippen LogP contribution is -2.43. The maximum atomic E-state index is 10.5. The summed E-state index contributed by atoms with van der Waals surface area (Å²) in [6, 6.07) is 4.31. The molecule has 0 aromatic heterocycles. The average molecular weight is 333 g/mol. The van der Waals surface area contributed by atoms with Gasteiger partial charge in [-0.15, -0.1) is 11.8 Å². The minimum absolute atomic E-state index is 0.0964. The molecule has 0 radical (unpaired) electrons. The lowest BCUT2D eigenvalue weighted by molar-refractivity contribution is -0.0226. The van der Waals surface area contributed by atoms with Crippen LogP contribution in [-0.4, -0.2) is 22.1 Å². The molecule has 2 nitrogen and oxygen atoms in total. The molecule has 0 aliphatic heterocycles. The van der Waals surface area contributed by atoms with E-state index >= 15 is 0 Å². The van der Waals surface area contributed by atoms with E-state index in [1.165, 1.54) is 30.4 Å². The zero-order valence-electron chi connectivity index (χ0n) is 14.2. The summed E-state index contributed by atoms with van der Waals surface area (Å²) in [7, 11) is 0. The van der Waals surface area contributed by atoms with E-state index in [9.17, 15) is 10.2 Å². The Kier molecular flexibility index (Phi) is 3.92. The second-order valence-electron chi connectivity index (χ2n) is 8.00. The molecular formula is C20H28O2S. The van der Waals surface area contributed by atoms with Gasteiger partial charge in [-0.05, 0) is 90.7 Å². The van der Waals surface area contributed by atoms with Gasteiger partial charge in [-0.2, -0.15) is 0 Å². The van der Waals surface area contributed by atoms with Gasteiger partial charge in [0.25, 0.3) is 0 Å². The Labute approximate surface area is 143 Å². The zero-order chi connectivity index (χ0) is 16.2. The maximum absolute atomic E-state index is 10.5. The van der Waals surface area contributed by atoms with Crippen LogP contribution in [0.25, 0.3) is 0 Å². The minimum Gasteiger partial charge on any atom is -0.507 e. The molecule has 3 aliphatic rings. The van der Waals surface area contributed by atoms with E-state index in [2.05, 4.69) is 19.9 Å². The summed E-state index contributed by atoms with van der Waals surface area (Å²) in [5.74, 6) is 3.50. The molecule has 2 N–H and O–H groups in total. The van der Waals surface area contributed by atoms with Crippen molar-refractivity contribution in [3.05, 3.63) is 23.3 Å². The third-order valence-corrected chi connectivity index (χ3v) is 7.98. The Morgan fingerprint density at radius 2 is 2.04 bits per heavy atom. The number of fused-ring (bicyclic) bond motifs is 5. The highest BCUT2D eigenvalue weighted by atomic mass is 32.2. The second-order valence-corrected chi connectivity index (χ2v) is 9.31. The van der Waals surface area contributed by atoms with Crippen molar-refractivity contribution in [3.8, 4) is 5.75 Å². The topological polar surface area (TPSA) is 40.5 Å². The Balaban J connectivity index is 1.70. The summed E-state index contributed by atoms with van der Waals surface area (Å²) in [4.78, 5) is 1.05. The highest BCUT2D eigenvalue weighted by Gasteiger charge is 2.54. The predicted octanol–water partition coefficient (Wildman–Crippen LogP) is 4.72. The summed E-state index contributed by atoms with van der Waals surface area (Å²) in [5, 5.41) is 20.7. The highest BCUT2D eigenvalue weighted by molar-refractivity contribution is 7.99. The monoisotopic (exact) mass is 332 g/mol. The van der Waals surface area contributed by atoms with Gasteiger partial charge in [0.15, 0.2) is 0 Å². The molecule has 4 rings (SSSR count). The van der Waals surface area contributed by atoms with Crippen LogP contribution in [-0.2, 0) is 6.42 Å². The molecule has 0 saturated heterocycles. The van der Waals surface area contributed by atoms with Crippen molar-refractivity contribution in [2.45, 2.75) is 69.3 Å². The number of phenols is 1. The minimum atomic E-state index is -0.0964. The maximum Gasteiger partial charge on any atom is 0.129 e. The van der Waals surface area contributed by atoms with Crippen LogP contribution in [0.1, 0.15) is 63.0 Å². The summed E-state index contributed by atoms with van der Waals surface area (Å²) in [6.07, 6.45) is 6.75. The van der Waals surface area contributed by atoms with Gasteiger partial charge in [0, 0.05) is 4.90 Å². The number of rotatable bonds is 2. The Morgan fingerprint density at radius 3 is 2.83 bits per heavy atom. The van der Waals surface area contributed by atoms with Gasteiger partial charge >= 0.3 is 0 Å². The quantitative estimate of drug-likeness (QED) is 0.770. The van der Waals surface area contributed by atoms with Crippen molar-refractivity contribution in [1.82, 2.24) is 0 Å². The van der Waals surface area contributed by atoms with E-state index in [1.54, 1.807) is 11.8 Å². The van der Waals surface area contributed by atoms with E-state index in [-0.39, 0.29) is 11.5 Å². The zero-order valence-corrected chi connectivity index (χ0v) is 15.0. The van der Waals surface area contributed by atoms with Crippen LogP contribution in [0.3, 0.4) is 0 Å². The van der Waals surface area contributed by atoms with Gasteiger partial charge in [0.2, 0.25) is 0 Å². The fraction of sp³-hybridized carbons (Fsp3) is 0.700. The Hall–Kier alpha value is -0.670. The molecule has 0 bridgehead atoms. The van der Waals surface area contributed by atoms with Crippen LogP contribution in [0.4, 0.5) is 0 Å². The molecule has 1 aromatic rings. The molecule has 0 unspecified atom stereocenters. The average Bonchev–Trinajstić information content (AvgIpc) is 2.84. The number of aliphatic hydroxyl groups is 1. The van der Waals surface area contributed by atoms with Crippen LogP contribution in [0, 0.1) is 17.3 Å². The molecule has 0 spiro atoms. The smallest absolute Gasteiger partial charge is 0.129 e. The van der Waals surface area contributed by atoms with Gasteiger partial charge in [0.1, 0.15) is 5.75 Å². The molecule has 0 amide bonds. The number of phenolic OH excluding ortho intramolecular Hbond substituents is 1. The molecule has 0 heterocycles. The van der Waals surface area contributed by atoms with Crippen LogP contribution in [0.5, 0.6) is 5.75 Å². The number of aromatic hydroxyl groups is 1. The van der Waals surface area contributed by atoms with Crippen molar-refractivity contribution in [1.29, 1.82) is 0 Å². The number of thioether (sulfide) groups is 1. The molecule has 126 valence electrons. The van der Waals surface area contributed by atoms with Crippen LogP contribution < -0.4 is 0 Å². The van der Waals surface area contributed by atoms with Crippen molar-refractivity contribution < 1.29 is 10.2 Å². The van der Waals surface area contributed by atoms with Crippen LogP contribution in [0.2, 0.25) is 0 Å².